The van der Waals surface area contributed by atoms with Gasteiger partial charge in [0, 0.05) is 12.4 Å². The molecule has 1 aliphatic rings. The van der Waals surface area contributed by atoms with Gasteiger partial charge in [-0.2, -0.15) is 0 Å². The fourth-order valence-corrected chi connectivity index (χ4v) is 2.70. The molecule has 0 aliphatic carbocycles. The van der Waals surface area contributed by atoms with Gasteiger partial charge in [0.1, 0.15) is 18.7 Å². The van der Waals surface area contributed by atoms with Crippen molar-refractivity contribution in [1.82, 2.24) is 15.6 Å². The van der Waals surface area contributed by atoms with Crippen LogP contribution in [-0.2, 0) is 14.3 Å². The lowest BCUT2D eigenvalue weighted by Gasteiger charge is -2.25. The third-order valence-corrected chi connectivity index (χ3v) is 4.83. The zero-order valence-electron chi connectivity index (χ0n) is 15.2. The summed E-state index contributed by atoms with van der Waals surface area (Å²) in [4.78, 5) is 39.7. The summed E-state index contributed by atoms with van der Waals surface area (Å²) >= 11 is 0. The van der Waals surface area contributed by atoms with Gasteiger partial charge in [0.05, 0.1) is 11.7 Å². The molecule has 0 aromatic carbocycles. The Morgan fingerprint density at radius 2 is 2.08 bits per heavy atom. The number of carbonyl (C=O) groups is 3. The van der Waals surface area contributed by atoms with E-state index in [4.69, 9.17) is 4.74 Å². The van der Waals surface area contributed by atoms with Crippen molar-refractivity contribution in [1.29, 1.82) is 0 Å². The van der Waals surface area contributed by atoms with Crippen molar-refractivity contribution < 1.29 is 19.1 Å². The molecular weight excluding hydrogens is 322 g/mol. The molecule has 0 spiro atoms. The normalized spacial score (nSPS) is 22.7. The summed E-state index contributed by atoms with van der Waals surface area (Å²) in [7, 11) is 0. The Labute approximate surface area is 147 Å². The van der Waals surface area contributed by atoms with E-state index < -0.39 is 12.1 Å². The quantitative estimate of drug-likeness (QED) is 0.690. The van der Waals surface area contributed by atoms with E-state index in [2.05, 4.69) is 29.5 Å². The molecule has 4 atom stereocenters. The maximum Gasteiger partial charge on any atom is 0.253 e. The van der Waals surface area contributed by atoms with E-state index >= 15 is 0 Å². The number of ether oxygens (including phenoxy) is 1. The first-order valence-electron chi connectivity index (χ1n) is 8.68. The van der Waals surface area contributed by atoms with E-state index in [1.807, 2.05) is 6.92 Å². The smallest absolute Gasteiger partial charge is 0.253 e. The van der Waals surface area contributed by atoms with Crippen LogP contribution in [0.15, 0.2) is 18.5 Å². The van der Waals surface area contributed by atoms with Crippen LogP contribution in [0.2, 0.25) is 0 Å². The van der Waals surface area contributed by atoms with Crippen LogP contribution in [0.25, 0.3) is 0 Å². The van der Waals surface area contributed by atoms with Gasteiger partial charge < -0.3 is 20.4 Å². The van der Waals surface area contributed by atoms with E-state index in [9.17, 15) is 14.4 Å². The summed E-state index contributed by atoms with van der Waals surface area (Å²) in [6.45, 7) is 7.95. The van der Waals surface area contributed by atoms with Gasteiger partial charge in [-0.1, -0.05) is 20.8 Å². The average molecular weight is 349 g/mol. The van der Waals surface area contributed by atoms with Gasteiger partial charge in [-0.3, -0.25) is 14.4 Å². The molecule has 7 heteroatoms. The molecule has 2 heterocycles. The number of aromatic amines is 1. The van der Waals surface area contributed by atoms with Crippen LogP contribution in [0.1, 0.15) is 44.5 Å². The molecule has 2 rings (SSSR count). The van der Waals surface area contributed by atoms with Crippen molar-refractivity contribution in [2.45, 2.75) is 52.3 Å². The second kappa shape index (κ2) is 8.29. The lowest BCUT2D eigenvalue weighted by Crippen LogP contribution is -2.53. The van der Waals surface area contributed by atoms with Crippen LogP contribution in [0.4, 0.5) is 0 Å². The summed E-state index contributed by atoms with van der Waals surface area (Å²) in [5.74, 6) is -0.218. The number of rotatable bonds is 7. The van der Waals surface area contributed by atoms with Gasteiger partial charge in [-0.25, -0.2) is 0 Å². The van der Waals surface area contributed by atoms with E-state index in [1.54, 1.807) is 25.4 Å². The predicted octanol–water partition coefficient (Wildman–Crippen LogP) is 1.27. The minimum atomic E-state index is -0.708. The minimum absolute atomic E-state index is 0.00882. The zero-order chi connectivity index (χ0) is 18.6. The highest BCUT2D eigenvalue weighted by Crippen LogP contribution is 2.18. The van der Waals surface area contributed by atoms with Crippen molar-refractivity contribution in [2.24, 2.45) is 11.8 Å². The second-order valence-corrected chi connectivity index (χ2v) is 7.05. The molecule has 1 aromatic heterocycles. The van der Waals surface area contributed by atoms with Crippen molar-refractivity contribution >= 4 is 17.6 Å². The Kier molecular flexibility index (Phi) is 6.36. The fraction of sp³-hybridized carbons (Fsp3) is 0.611. The van der Waals surface area contributed by atoms with E-state index in [-0.39, 0.29) is 36.2 Å². The topological polar surface area (TPSA) is 100 Å². The molecule has 1 unspecified atom stereocenters. The maximum atomic E-state index is 12.7. The molecule has 0 saturated carbocycles. The number of nitrogens with one attached hydrogen (secondary N) is 3. The summed E-state index contributed by atoms with van der Waals surface area (Å²) in [5.41, 5.74) is 0.462. The SMILES string of the molecule is CC(C)C(C)C[C@H](NC(=O)c1cc[nH]c1)C(=O)N[C@@H]1C(=O)CO[C@H]1C. The lowest BCUT2D eigenvalue weighted by atomic mass is 9.90. The Hall–Kier alpha value is -2.15. The first-order valence-corrected chi connectivity index (χ1v) is 8.68. The summed E-state index contributed by atoms with van der Waals surface area (Å²) in [6, 6.07) is 0.279. The van der Waals surface area contributed by atoms with Crippen LogP contribution in [0.3, 0.4) is 0 Å². The van der Waals surface area contributed by atoms with E-state index in [0.717, 1.165) is 0 Å². The molecule has 1 aromatic rings. The van der Waals surface area contributed by atoms with E-state index in [1.165, 1.54) is 0 Å². The first kappa shape index (κ1) is 19.2. The molecule has 0 radical (unpaired) electrons. The van der Waals surface area contributed by atoms with Crippen LogP contribution in [-0.4, -0.2) is 47.4 Å². The number of aromatic nitrogens is 1. The Bertz CT molecular complexity index is 612. The number of hydrogen-bond donors (Lipinski definition) is 3. The van der Waals surface area contributed by atoms with Gasteiger partial charge in [-0.05, 0) is 31.2 Å². The van der Waals surface area contributed by atoms with Gasteiger partial charge in [-0.15, -0.1) is 0 Å². The summed E-state index contributed by atoms with van der Waals surface area (Å²) in [6.07, 6.45) is 3.36. The average Bonchev–Trinajstić information content (AvgIpc) is 3.19. The van der Waals surface area contributed by atoms with Crippen LogP contribution < -0.4 is 10.6 Å². The number of H-pyrrole nitrogens is 1. The highest BCUT2D eigenvalue weighted by atomic mass is 16.5. The molecular formula is C18H27N3O4. The van der Waals surface area contributed by atoms with Crippen LogP contribution in [0.5, 0.6) is 0 Å². The largest absolute Gasteiger partial charge is 0.368 e. The number of Topliss-reactive ketones (excluding diaryl/α,β-unsaturated/α-hetero) is 1. The second-order valence-electron chi connectivity index (χ2n) is 7.05. The molecule has 0 bridgehead atoms. The van der Waals surface area contributed by atoms with Crippen molar-refractivity contribution in [3.05, 3.63) is 24.0 Å². The number of hydrogen-bond acceptors (Lipinski definition) is 4. The fourth-order valence-electron chi connectivity index (χ4n) is 2.70. The van der Waals surface area contributed by atoms with Crippen molar-refractivity contribution in [2.75, 3.05) is 6.61 Å². The monoisotopic (exact) mass is 349 g/mol. The number of carbonyl (C=O) groups excluding carboxylic acids is 3. The van der Waals surface area contributed by atoms with Crippen molar-refractivity contribution in [3.63, 3.8) is 0 Å². The highest BCUT2D eigenvalue weighted by molar-refractivity contribution is 5.98. The van der Waals surface area contributed by atoms with Gasteiger partial charge in [0.2, 0.25) is 5.91 Å². The van der Waals surface area contributed by atoms with Gasteiger partial charge >= 0.3 is 0 Å². The number of amides is 2. The third kappa shape index (κ3) is 4.92. The lowest BCUT2D eigenvalue weighted by molar-refractivity contribution is -0.127. The maximum absolute atomic E-state index is 12.7. The molecule has 2 amide bonds. The standard InChI is InChI=1S/C18H27N3O4/c1-10(2)11(3)7-14(20-17(23)13-5-6-19-8-13)18(24)21-16-12(4)25-9-15(16)22/h5-6,8,10-12,14,16,19H,7,9H2,1-4H3,(H,20,23)(H,21,24)/t11?,12-,14-,16-/m0/s1. The molecule has 138 valence electrons. The highest BCUT2D eigenvalue weighted by Gasteiger charge is 2.36. The predicted molar refractivity (Wildman–Crippen MR) is 93.0 cm³/mol. The Morgan fingerprint density at radius 1 is 1.36 bits per heavy atom. The molecule has 1 saturated heterocycles. The third-order valence-electron chi connectivity index (χ3n) is 4.83. The Morgan fingerprint density at radius 3 is 2.60 bits per heavy atom. The number of ketones is 1. The summed E-state index contributed by atoms with van der Waals surface area (Å²) < 4.78 is 5.26. The minimum Gasteiger partial charge on any atom is -0.368 e. The van der Waals surface area contributed by atoms with Crippen LogP contribution in [0, 0.1) is 11.8 Å². The Balaban J connectivity index is 2.08. The first-order chi connectivity index (χ1) is 11.8. The zero-order valence-corrected chi connectivity index (χ0v) is 15.2. The molecule has 1 aliphatic heterocycles. The molecule has 1 fully saturated rings. The van der Waals surface area contributed by atoms with Gasteiger partial charge in [0.15, 0.2) is 5.78 Å². The molecule has 25 heavy (non-hydrogen) atoms. The van der Waals surface area contributed by atoms with Crippen LogP contribution >= 0.6 is 0 Å². The molecule has 3 N–H and O–H groups in total. The van der Waals surface area contributed by atoms with Crippen molar-refractivity contribution in [3.8, 4) is 0 Å². The summed E-state index contributed by atoms with van der Waals surface area (Å²) in [5, 5.41) is 5.52. The van der Waals surface area contributed by atoms with E-state index in [0.29, 0.717) is 17.9 Å². The molecule has 7 nitrogen and oxygen atoms in total. The van der Waals surface area contributed by atoms with Gasteiger partial charge in [0.25, 0.3) is 5.91 Å².